The number of phosphoric acid groups is 1. The van der Waals surface area contributed by atoms with E-state index in [1.165, 1.54) is 0 Å². The van der Waals surface area contributed by atoms with Crippen molar-refractivity contribution in [2.45, 2.75) is 97.0 Å². The fourth-order valence-electron chi connectivity index (χ4n) is 2.75. The molecule has 0 fully saturated rings. The Morgan fingerprint density at radius 1 is 0.839 bits per heavy atom. The smallest absolute Gasteiger partial charge is 0.462 e. The van der Waals surface area contributed by atoms with Crippen molar-refractivity contribution in [1.29, 1.82) is 0 Å². The molecule has 184 valence electrons. The molecule has 9 nitrogen and oxygen atoms in total. The van der Waals surface area contributed by atoms with E-state index in [9.17, 15) is 19.0 Å². The summed E-state index contributed by atoms with van der Waals surface area (Å²) < 4.78 is 31.8. The Balaban J connectivity index is 4.49. The highest BCUT2D eigenvalue weighted by Crippen LogP contribution is 2.43. The monoisotopic (exact) mass is 467 g/mol. The van der Waals surface area contributed by atoms with E-state index in [2.05, 4.69) is 18.4 Å². The van der Waals surface area contributed by atoms with Gasteiger partial charge in [0, 0.05) is 19.4 Å². The first-order chi connectivity index (χ1) is 14.8. The van der Waals surface area contributed by atoms with Crippen molar-refractivity contribution in [3.05, 3.63) is 0 Å². The van der Waals surface area contributed by atoms with E-state index >= 15 is 0 Å². The summed E-state index contributed by atoms with van der Waals surface area (Å²) in [6.45, 7) is 3.47. The van der Waals surface area contributed by atoms with Crippen LogP contribution in [0.25, 0.3) is 0 Å². The molecule has 0 bridgehead atoms. The predicted octanol–water partition coefficient (Wildman–Crippen LogP) is 4.25. The van der Waals surface area contributed by atoms with Gasteiger partial charge < -0.3 is 20.1 Å². The first-order valence-corrected chi connectivity index (χ1v) is 13.0. The molecule has 0 aromatic heterocycles. The lowest BCUT2D eigenvalue weighted by atomic mass is 10.1. The zero-order valence-corrected chi connectivity index (χ0v) is 20.1. The molecule has 10 heteroatoms. The molecule has 0 radical (unpaired) electrons. The summed E-state index contributed by atoms with van der Waals surface area (Å²) in [6, 6.07) is 0. The van der Waals surface area contributed by atoms with Crippen molar-refractivity contribution in [2.75, 3.05) is 26.4 Å². The third kappa shape index (κ3) is 19.4. The molecular formula is C21H42NO8P. The topological polar surface area (TPSA) is 134 Å². The normalized spacial score (nSPS) is 14.1. The van der Waals surface area contributed by atoms with E-state index < -0.39 is 32.5 Å². The molecule has 0 saturated carbocycles. The molecule has 0 aromatic carbocycles. The van der Waals surface area contributed by atoms with Crippen molar-refractivity contribution in [3.8, 4) is 0 Å². The number of carbonyl (C=O) groups excluding carboxylic acids is 2. The molecule has 0 aromatic rings. The minimum Gasteiger partial charge on any atom is -0.462 e. The van der Waals surface area contributed by atoms with Gasteiger partial charge in [0.25, 0.3) is 0 Å². The number of carbonyl (C=O) groups is 2. The highest BCUT2D eigenvalue weighted by atomic mass is 31.2. The lowest BCUT2D eigenvalue weighted by Crippen LogP contribution is -2.29. The van der Waals surface area contributed by atoms with Crippen molar-refractivity contribution in [2.24, 2.45) is 5.73 Å². The molecule has 31 heavy (non-hydrogen) atoms. The summed E-state index contributed by atoms with van der Waals surface area (Å²) in [5.41, 5.74) is 5.24. The van der Waals surface area contributed by atoms with E-state index in [1.807, 2.05) is 0 Å². The number of hydrogen-bond donors (Lipinski definition) is 2. The van der Waals surface area contributed by atoms with Gasteiger partial charge in [-0.05, 0) is 12.8 Å². The number of nitrogens with two attached hydrogens (primary N) is 1. The summed E-state index contributed by atoms with van der Waals surface area (Å²) in [5.74, 6) is -0.861. The van der Waals surface area contributed by atoms with E-state index in [1.54, 1.807) is 0 Å². The van der Waals surface area contributed by atoms with Gasteiger partial charge >= 0.3 is 19.8 Å². The van der Waals surface area contributed by atoms with Gasteiger partial charge in [-0.3, -0.25) is 18.6 Å². The summed E-state index contributed by atoms with van der Waals surface area (Å²) in [5, 5.41) is 0. The van der Waals surface area contributed by atoms with E-state index in [-0.39, 0.29) is 32.6 Å². The van der Waals surface area contributed by atoms with Crippen LogP contribution < -0.4 is 5.73 Å². The van der Waals surface area contributed by atoms with Gasteiger partial charge in [-0.25, -0.2) is 4.57 Å². The standard InChI is InChI=1S/C21H42NO8P/c1-3-5-7-9-11-13-20(23)27-17-19(18-29-31(25,26)28-16-15-22)30-21(24)14-12-10-8-6-4-2/h19H,3-18,22H2,1-2H3,(H,25,26)/t19-/m1/s1. The van der Waals surface area contributed by atoms with Crippen LogP contribution in [0.4, 0.5) is 0 Å². The Kier molecular flexibility index (Phi) is 19.0. The van der Waals surface area contributed by atoms with Crippen LogP contribution in [0.3, 0.4) is 0 Å². The maximum absolute atomic E-state index is 12.1. The average molecular weight is 468 g/mol. The zero-order chi connectivity index (χ0) is 23.4. The summed E-state index contributed by atoms with van der Waals surface area (Å²) >= 11 is 0. The lowest BCUT2D eigenvalue weighted by Gasteiger charge is -2.19. The van der Waals surface area contributed by atoms with Crippen LogP contribution in [-0.2, 0) is 32.7 Å². The van der Waals surface area contributed by atoms with Gasteiger partial charge in [0.1, 0.15) is 6.61 Å². The molecule has 0 aliphatic carbocycles. The molecule has 0 amide bonds. The van der Waals surface area contributed by atoms with Crippen LogP contribution in [0.2, 0.25) is 0 Å². The van der Waals surface area contributed by atoms with E-state index in [4.69, 9.17) is 19.7 Å². The molecule has 0 aliphatic rings. The summed E-state index contributed by atoms with van der Waals surface area (Å²) in [7, 11) is -4.33. The number of unbranched alkanes of at least 4 members (excludes halogenated alkanes) is 8. The molecule has 2 atom stereocenters. The number of hydrogen-bond acceptors (Lipinski definition) is 8. The second-order valence-electron chi connectivity index (χ2n) is 7.51. The zero-order valence-electron chi connectivity index (χ0n) is 19.2. The fraction of sp³-hybridized carbons (Fsp3) is 0.905. The van der Waals surface area contributed by atoms with Crippen LogP contribution in [0, 0.1) is 0 Å². The van der Waals surface area contributed by atoms with Gasteiger partial charge in [-0.1, -0.05) is 65.2 Å². The highest BCUT2D eigenvalue weighted by Gasteiger charge is 2.25. The molecule has 0 rings (SSSR count). The first-order valence-electron chi connectivity index (χ1n) is 11.5. The van der Waals surface area contributed by atoms with Crippen LogP contribution in [0.15, 0.2) is 0 Å². The molecule has 1 unspecified atom stereocenters. The van der Waals surface area contributed by atoms with Crippen molar-refractivity contribution in [3.63, 3.8) is 0 Å². The summed E-state index contributed by atoms with van der Waals surface area (Å²) in [6.07, 6.45) is 9.44. The SMILES string of the molecule is CCCCCCCC(=O)OC[C@H](COP(=O)(O)OCCN)OC(=O)CCCCCCC. The maximum Gasteiger partial charge on any atom is 0.472 e. The van der Waals surface area contributed by atoms with Crippen molar-refractivity contribution in [1.82, 2.24) is 0 Å². The first kappa shape index (κ1) is 30.0. The van der Waals surface area contributed by atoms with Gasteiger partial charge in [-0.2, -0.15) is 0 Å². The Morgan fingerprint density at radius 3 is 1.94 bits per heavy atom. The lowest BCUT2D eigenvalue weighted by molar-refractivity contribution is -0.161. The van der Waals surface area contributed by atoms with E-state index in [0.29, 0.717) is 6.42 Å². The van der Waals surface area contributed by atoms with Crippen molar-refractivity contribution >= 4 is 19.8 Å². The number of ether oxygens (including phenoxy) is 2. The molecule has 3 N–H and O–H groups in total. The van der Waals surface area contributed by atoms with Gasteiger partial charge in [0.2, 0.25) is 0 Å². The molecule has 0 saturated heterocycles. The molecular weight excluding hydrogens is 425 g/mol. The number of esters is 2. The Morgan fingerprint density at radius 2 is 1.39 bits per heavy atom. The number of rotatable bonds is 21. The predicted molar refractivity (Wildman–Crippen MR) is 118 cm³/mol. The van der Waals surface area contributed by atoms with Crippen molar-refractivity contribution < 1.29 is 37.6 Å². The second kappa shape index (κ2) is 19.7. The molecule has 0 heterocycles. The average Bonchev–Trinajstić information content (AvgIpc) is 2.74. The van der Waals surface area contributed by atoms with Gasteiger partial charge in [0.05, 0.1) is 13.2 Å². The van der Waals surface area contributed by atoms with Crippen LogP contribution in [-0.4, -0.2) is 49.3 Å². The largest absolute Gasteiger partial charge is 0.472 e. The van der Waals surface area contributed by atoms with Crippen LogP contribution >= 0.6 is 7.82 Å². The highest BCUT2D eigenvalue weighted by molar-refractivity contribution is 7.47. The minimum atomic E-state index is -4.33. The third-order valence-electron chi connectivity index (χ3n) is 4.49. The second-order valence-corrected chi connectivity index (χ2v) is 8.96. The maximum atomic E-state index is 12.1. The third-order valence-corrected chi connectivity index (χ3v) is 5.48. The fourth-order valence-corrected chi connectivity index (χ4v) is 3.51. The Labute approximate surface area is 186 Å². The molecule has 0 spiro atoms. The molecule has 0 aliphatic heterocycles. The number of phosphoric ester groups is 1. The van der Waals surface area contributed by atoms with Gasteiger partial charge in [-0.15, -0.1) is 0 Å². The van der Waals surface area contributed by atoms with Crippen LogP contribution in [0.5, 0.6) is 0 Å². The Bertz CT molecular complexity index is 518. The summed E-state index contributed by atoms with van der Waals surface area (Å²) in [4.78, 5) is 33.7. The van der Waals surface area contributed by atoms with E-state index in [0.717, 1.165) is 57.8 Å². The quantitative estimate of drug-likeness (QED) is 0.144. The van der Waals surface area contributed by atoms with Gasteiger partial charge in [0.15, 0.2) is 6.10 Å². The minimum absolute atomic E-state index is 0.0558. The van der Waals surface area contributed by atoms with Crippen LogP contribution in [0.1, 0.15) is 90.9 Å². The Hall–Kier alpha value is -0.990.